The zero-order valence-corrected chi connectivity index (χ0v) is 10.0. The Hall–Kier alpha value is -1.13. The number of benzene rings is 1. The largest absolute Gasteiger partial charge is 0.491 e. The molecular weight excluding hydrogens is 221 g/mol. The van der Waals surface area contributed by atoms with E-state index in [1.165, 1.54) is 18.9 Å². The van der Waals surface area contributed by atoms with Crippen LogP contribution >= 0.6 is 0 Å². The van der Waals surface area contributed by atoms with E-state index in [9.17, 15) is 4.39 Å². The highest BCUT2D eigenvalue weighted by Crippen LogP contribution is 2.21. The molecule has 0 aliphatic heterocycles. The minimum atomic E-state index is -0.257. The molecule has 94 valence electrons. The first kappa shape index (κ1) is 12.3. The second kappa shape index (κ2) is 5.98. The van der Waals surface area contributed by atoms with Gasteiger partial charge in [-0.2, -0.15) is 0 Å². The fourth-order valence-electron chi connectivity index (χ4n) is 1.60. The molecule has 0 spiro atoms. The van der Waals surface area contributed by atoms with E-state index in [2.05, 4.69) is 5.32 Å². The van der Waals surface area contributed by atoms with Crippen LogP contribution in [0.2, 0.25) is 0 Å². The first-order chi connectivity index (χ1) is 8.28. The monoisotopic (exact) mass is 239 g/mol. The Labute approximate surface area is 101 Å². The van der Waals surface area contributed by atoms with Gasteiger partial charge in [-0.15, -0.1) is 0 Å². The predicted octanol–water partition coefficient (Wildman–Crippen LogP) is 2.10. The standard InChI is InChI=1S/C13H18FNO2/c1-16-4-5-17-13-7-10(6-11(14)8-13)9-15-12-2-3-12/h6-8,12,15H,2-5,9H2,1H3. The summed E-state index contributed by atoms with van der Waals surface area (Å²) in [6, 6.07) is 5.43. The van der Waals surface area contributed by atoms with Gasteiger partial charge in [-0.25, -0.2) is 4.39 Å². The van der Waals surface area contributed by atoms with Crippen molar-refractivity contribution in [3.05, 3.63) is 29.6 Å². The Morgan fingerprint density at radius 1 is 1.29 bits per heavy atom. The fourth-order valence-corrected chi connectivity index (χ4v) is 1.60. The highest BCUT2D eigenvalue weighted by atomic mass is 19.1. The van der Waals surface area contributed by atoms with Crippen LogP contribution in [0.5, 0.6) is 5.75 Å². The topological polar surface area (TPSA) is 30.5 Å². The maximum Gasteiger partial charge on any atom is 0.127 e. The second-order valence-corrected chi connectivity index (χ2v) is 4.29. The van der Waals surface area contributed by atoms with Crippen LogP contribution in [0, 0.1) is 5.82 Å². The summed E-state index contributed by atoms with van der Waals surface area (Å²) in [5.74, 6) is 0.308. The Balaban J connectivity index is 1.90. The molecular formula is C13H18FNO2. The van der Waals surface area contributed by atoms with E-state index in [0.29, 0.717) is 31.5 Å². The van der Waals surface area contributed by atoms with E-state index in [1.807, 2.05) is 6.07 Å². The van der Waals surface area contributed by atoms with Crippen molar-refractivity contribution in [3.63, 3.8) is 0 Å². The van der Waals surface area contributed by atoms with Gasteiger partial charge in [0.1, 0.15) is 18.2 Å². The number of methoxy groups -OCH3 is 1. The van der Waals surface area contributed by atoms with Crippen molar-refractivity contribution in [3.8, 4) is 5.75 Å². The first-order valence-corrected chi connectivity index (χ1v) is 5.92. The molecule has 0 saturated heterocycles. The second-order valence-electron chi connectivity index (χ2n) is 4.29. The molecule has 1 N–H and O–H groups in total. The Bertz CT molecular complexity index is 366. The smallest absolute Gasteiger partial charge is 0.127 e. The van der Waals surface area contributed by atoms with Gasteiger partial charge in [0, 0.05) is 25.8 Å². The van der Waals surface area contributed by atoms with Crippen molar-refractivity contribution < 1.29 is 13.9 Å². The van der Waals surface area contributed by atoms with Crippen molar-refractivity contribution in [2.45, 2.75) is 25.4 Å². The average molecular weight is 239 g/mol. The lowest BCUT2D eigenvalue weighted by molar-refractivity contribution is 0.146. The molecule has 0 heterocycles. The molecule has 1 aliphatic rings. The van der Waals surface area contributed by atoms with E-state index in [-0.39, 0.29) is 5.82 Å². The summed E-state index contributed by atoms with van der Waals surface area (Å²) in [4.78, 5) is 0. The minimum absolute atomic E-state index is 0.257. The van der Waals surface area contributed by atoms with Gasteiger partial charge in [0.2, 0.25) is 0 Å². The highest BCUT2D eigenvalue weighted by Gasteiger charge is 2.20. The van der Waals surface area contributed by atoms with Crippen LogP contribution in [0.1, 0.15) is 18.4 Å². The molecule has 1 saturated carbocycles. The average Bonchev–Trinajstić information content (AvgIpc) is 3.10. The van der Waals surface area contributed by atoms with E-state index in [0.717, 1.165) is 5.56 Å². The number of nitrogens with one attached hydrogen (secondary N) is 1. The van der Waals surface area contributed by atoms with Crippen LogP contribution in [-0.2, 0) is 11.3 Å². The molecule has 1 fully saturated rings. The molecule has 1 aliphatic carbocycles. The van der Waals surface area contributed by atoms with Gasteiger partial charge >= 0.3 is 0 Å². The van der Waals surface area contributed by atoms with E-state index >= 15 is 0 Å². The summed E-state index contributed by atoms with van der Waals surface area (Å²) in [7, 11) is 1.61. The van der Waals surface area contributed by atoms with E-state index < -0.39 is 0 Å². The van der Waals surface area contributed by atoms with Crippen molar-refractivity contribution in [1.82, 2.24) is 5.32 Å². The molecule has 0 amide bonds. The molecule has 2 rings (SSSR count). The van der Waals surface area contributed by atoms with Crippen LogP contribution in [0.15, 0.2) is 18.2 Å². The Morgan fingerprint density at radius 2 is 2.12 bits per heavy atom. The molecule has 4 heteroatoms. The van der Waals surface area contributed by atoms with Crippen LogP contribution in [0.25, 0.3) is 0 Å². The van der Waals surface area contributed by atoms with Gasteiger partial charge in [-0.1, -0.05) is 0 Å². The Kier molecular flexibility index (Phi) is 4.34. The third-order valence-electron chi connectivity index (χ3n) is 2.66. The van der Waals surface area contributed by atoms with Gasteiger partial charge in [-0.05, 0) is 30.5 Å². The molecule has 17 heavy (non-hydrogen) atoms. The minimum Gasteiger partial charge on any atom is -0.491 e. The third kappa shape index (κ3) is 4.32. The summed E-state index contributed by atoms with van der Waals surface area (Å²) >= 11 is 0. The number of hydrogen-bond acceptors (Lipinski definition) is 3. The van der Waals surface area contributed by atoms with Crippen molar-refractivity contribution in [1.29, 1.82) is 0 Å². The SMILES string of the molecule is COCCOc1cc(F)cc(CNC2CC2)c1. The van der Waals surface area contributed by atoms with Crippen LogP contribution in [-0.4, -0.2) is 26.4 Å². The summed E-state index contributed by atoms with van der Waals surface area (Å²) in [5.41, 5.74) is 0.921. The predicted molar refractivity (Wildman–Crippen MR) is 63.6 cm³/mol. The molecule has 1 aromatic rings. The number of ether oxygens (including phenoxy) is 2. The normalized spacial score (nSPS) is 14.9. The summed E-state index contributed by atoms with van der Waals surface area (Å²) in [6.07, 6.45) is 2.46. The van der Waals surface area contributed by atoms with Crippen molar-refractivity contribution in [2.24, 2.45) is 0 Å². The molecule has 1 aromatic carbocycles. The molecule has 3 nitrogen and oxygen atoms in total. The van der Waals surface area contributed by atoms with Crippen LogP contribution in [0.4, 0.5) is 4.39 Å². The lowest BCUT2D eigenvalue weighted by atomic mass is 10.2. The summed E-state index contributed by atoms with van der Waals surface area (Å²) in [5, 5.41) is 3.35. The lowest BCUT2D eigenvalue weighted by Gasteiger charge is -2.09. The van der Waals surface area contributed by atoms with Gasteiger partial charge in [0.15, 0.2) is 0 Å². The third-order valence-corrected chi connectivity index (χ3v) is 2.66. The summed E-state index contributed by atoms with van der Waals surface area (Å²) < 4.78 is 23.6. The van der Waals surface area contributed by atoms with Crippen molar-refractivity contribution >= 4 is 0 Å². The molecule has 0 atom stereocenters. The zero-order valence-electron chi connectivity index (χ0n) is 10.0. The van der Waals surface area contributed by atoms with Crippen LogP contribution < -0.4 is 10.1 Å². The van der Waals surface area contributed by atoms with Crippen LogP contribution in [0.3, 0.4) is 0 Å². The molecule has 0 unspecified atom stereocenters. The zero-order chi connectivity index (χ0) is 12.1. The first-order valence-electron chi connectivity index (χ1n) is 5.92. The fraction of sp³-hybridized carbons (Fsp3) is 0.538. The number of hydrogen-bond donors (Lipinski definition) is 1. The Morgan fingerprint density at radius 3 is 2.82 bits per heavy atom. The van der Waals surface area contributed by atoms with Gasteiger partial charge < -0.3 is 14.8 Å². The van der Waals surface area contributed by atoms with E-state index in [1.54, 1.807) is 13.2 Å². The molecule has 0 bridgehead atoms. The van der Waals surface area contributed by atoms with Crippen molar-refractivity contribution in [2.75, 3.05) is 20.3 Å². The quantitative estimate of drug-likeness (QED) is 0.739. The maximum atomic E-state index is 13.3. The van der Waals surface area contributed by atoms with Gasteiger partial charge in [0.05, 0.1) is 6.61 Å². The van der Waals surface area contributed by atoms with Gasteiger partial charge in [0.25, 0.3) is 0 Å². The van der Waals surface area contributed by atoms with E-state index in [4.69, 9.17) is 9.47 Å². The maximum absolute atomic E-state index is 13.3. The lowest BCUT2D eigenvalue weighted by Crippen LogP contribution is -2.15. The number of rotatable bonds is 7. The number of halogens is 1. The summed E-state index contributed by atoms with van der Waals surface area (Å²) in [6.45, 7) is 1.64. The highest BCUT2D eigenvalue weighted by molar-refractivity contribution is 5.29. The van der Waals surface area contributed by atoms with Gasteiger partial charge in [-0.3, -0.25) is 0 Å². The molecule has 0 aromatic heterocycles. The molecule has 0 radical (unpaired) electrons.